The Hall–Kier alpha value is -2.58. The molecule has 0 unspecified atom stereocenters. The number of nitrogens with zero attached hydrogens (tertiary/aromatic N) is 4. The van der Waals surface area contributed by atoms with Crippen LogP contribution in [-0.4, -0.2) is 65.6 Å². The van der Waals surface area contributed by atoms with Gasteiger partial charge in [-0.25, -0.2) is 9.78 Å². The van der Waals surface area contributed by atoms with E-state index in [2.05, 4.69) is 15.3 Å². The maximum atomic E-state index is 12.2. The van der Waals surface area contributed by atoms with Gasteiger partial charge in [0.1, 0.15) is 6.04 Å². The molecule has 3 amide bonds. The monoisotopic (exact) mass is 322 g/mol. The number of ether oxygens (including phenoxy) is 1. The predicted octanol–water partition coefficient (Wildman–Crippen LogP) is -0.419. The van der Waals surface area contributed by atoms with E-state index in [1.54, 1.807) is 24.1 Å². The van der Waals surface area contributed by atoms with Crippen molar-refractivity contribution >= 4 is 17.9 Å². The molecular weight excluding hydrogens is 300 g/mol. The van der Waals surface area contributed by atoms with Crippen LogP contribution in [0.3, 0.4) is 0 Å². The highest BCUT2D eigenvalue weighted by molar-refractivity contribution is 5.86. The van der Waals surface area contributed by atoms with Crippen molar-refractivity contribution in [2.45, 2.75) is 19.9 Å². The number of nitrogens with one attached hydrogen (secondary N) is 1. The highest BCUT2D eigenvalue weighted by Gasteiger charge is 2.26. The number of aromatic nitrogens is 2. The van der Waals surface area contributed by atoms with Crippen LogP contribution < -0.4 is 20.7 Å². The van der Waals surface area contributed by atoms with Crippen LogP contribution in [0.25, 0.3) is 0 Å². The molecule has 0 spiro atoms. The molecule has 0 saturated carbocycles. The van der Waals surface area contributed by atoms with Crippen LogP contribution in [0.4, 0.5) is 10.7 Å². The van der Waals surface area contributed by atoms with E-state index in [9.17, 15) is 9.59 Å². The van der Waals surface area contributed by atoms with Crippen molar-refractivity contribution in [2.24, 2.45) is 5.73 Å². The average Bonchev–Trinajstić information content (AvgIpc) is 2.54. The second-order valence-corrected chi connectivity index (χ2v) is 5.17. The van der Waals surface area contributed by atoms with E-state index >= 15 is 0 Å². The molecule has 126 valence electrons. The highest BCUT2D eigenvalue weighted by atomic mass is 16.5. The van der Waals surface area contributed by atoms with Crippen LogP contribution in [-0.2, 0) is 4.79 Å². The highest BCUT2D eigenvalue weighted by Crippen LogP contribution is 2.15. The minimum absolute atomic E-state index is 0.146. The lowest BCUT2D eigenvalue weighted by molar-refractivity contribution is -0.133. The molecule has 9 nitrogen and oxygen atoms in total. The van der Waals surface area contributed by atoms with Gasteiger partial charge in [0.05, 0.1) is 6.61 Å². The maximum absolute atomic E-state index is 12.2. The zero-order valence-corrected chi connectivity index (χ0v) is 13.4. The van der Waals surface area contributed by atoms with E-state index in [4.69, 9.17) is 10.5 Å². The number of anilines is 1. The van der Waals surface area contributed by atoms with Gasteiger partial charge in [-0.1, -0.05) is 0 Å². The molecule has 1 aliphatic heterocycles. The molecule has 1 aliphatic rings. The summed E-state index contributed by atoms with van der Waals surface area (Å²) >= 11 is 0. The first-order chi connectivity index (χ1) is 11.0. The molecule has 2 rings (SSSR count). The Morgan fingerprint density at radius 1 is 1.39 bits per heavy atom. The van der Waals surface area contributed by atoms with Crippen molar-refractivity contribution in [3.8, 4) is 5.88 Å². The number of hydrogen-bond acceptors (Lipinski definition) is 6. The molecule has 0 aromatic carbocycles. The van der Waals surface area contributed by atoms with Crippen molar-refractivity contribution in [3.63, 3.8) is 0 Å². The summed E-state index contributed by atoms with van der Waals surface area (Å²) in [5, 5.41) is 2.40. The second-order valence-electron chi connectivity index (χ2n) is 5.17. The van der Waals surface area contributed by atoms with Gasteiger partial charge in [0.2, 0.25) is 17.7 Å². The molecule has 2 heterocycles. The molecule has 0 radical (unpaired) electrons. The van der Waals surface area contributed by atoms with Crippen LogP contribution in [0, 0.1) is 0 Å². The lowest BCUT2D eigenvalue weighted by Crippen LogP contribution is -2.55. The topological polar surface area (TPSA) is 114 Å². The van der Waals surface area contributed by atoms with E-state index < -0.39 is 12.1 Å². The Bertz CT molecular complexity index is 559. The number of urea groups is 1. The molecule has 1 fully saturated rings. The van der Waals surface area contributed by atoms with E-state index in [-0.39, 0.29) is 5.91 Å². The summed E-state index contributed by atoms with van der Waals surface area (Å²) in [6, 6.07) is 0.381. The third-order valence-corrected chi connectivity index (χ3v) is 3.51. The molecule has 1 atom stereocenters. The molecule has 0 aliphatic carbocycles. The zero-order valence-electron chi connectivity index (χ0n) is 13.4. The van der Waals surface area contributed by atoms with Gasteiger partial charge in [-0.3, -0.25) is 4.79 Å². The van der Waals surface area contributed by atoms with Crippen molar-refractivity contribution in [2.75, 3.05) is 37.7 Å². The summed E-state index contributed by atoms with van der Waals surface area (Å²) in [6.07, 6.45) is 1.66. The van der Waals surface area contributed by atoms with Gasteiger partial charge < -0.3 is 25.6 Å². The standard InChI is InChI=1S/C14H22N6O3/c1-3-23-11-4-5-16-14(18-11)20-8-6-19(7-9-20)12(21)10(2)17-13(15)22/h4-5,10H,3,6-9H2,1-2H3,(H3,15,17,22)/t10-/m1/s1. The van der Waals surface area contributed by atoms with E-state index in [0.717, 1.165) is 0 Å². The SMILES string of the molecule is CCOc1ccnc(N2CCN(C(=O)[C@@H](C)NC(N)=O)CC2)n1. The maximum Gasteiger partial charge on any atom is 0.312 e. The molecule has 23 heavy (non-hydrogen) atoms. The van der Waals surface area contributed by atoms with E-state index in [1.807, 2.05) is 11.8 Å². The fourth-order valence-corrected chi connectivity index (χ4v) is 2.39. The molecule has 9 heteroatoms. The van der Waals surface area contributed by atoms with Crippen molar-refractivity contribution in [1.29, 1.82) is 0 Å². The number of primary amides is 1. The predicted molar refractivity (Wildman–Crippen MR) is 84.2 cm³/mol. The number of nitrogens with two attached hydrogens (primary N) is 1. The van der Waals surface area contributed by atoms with Crippen LogP contribution >= 0.6 is 0 Å². The fourth-order valence-electron chi connectivity index (χ4n) is 2.39. The first-order valence-corrected chi connectivity index (χ1v) is 7.56. The van der Waals surface area contributed by atoms with Crippen LogP contribution in [0.2, 0.25) is 0 Å². The minimum atomic E-state index is -0.703. The van der Waals surface area contributed by atoms with Gasteiger partial charge in [0.25, 0.3) is 0 Å². The molecule has 1 aromatic heterocycles. The Labute approximate surface area is 134 Å². The first kappa shape index (κ1) is 16.8. The Morgan fingerprint density at radius 3 is 2.70 bits per heavy atom. The summed E-state index contributed by atoms with van der Waals surface area (Å²) < 4.78 is 5.37. The summed E-state index contributed by atoms with van der Waals surface area (Å²) in [4.78, 5) is 35.3. The van der Waals surface area contributed by atoms with Gasteiger partial charge in [-0.15, -0.1) is 0 Å². The molecule has 1 saturated heterocycles. The number of carbonyl (C=O) groups is 2. The number of carbonyl (C=O) groups excluding carboxylic acids is 2. The lowest BCUT2D eigenvalue weighted by atomic mass is 10.2. The average molecular weight is 322 g/mol. The summed E-state index contributed by atoms with van der Waals surface area (Å²) in [6.45, 7) is 6.36. The first-order valence-electron chi connectivity index (χ1n) is 7.56. The van der Waals surface area contributed by atoms with Gasteiger partial charge in [-0.05, 0) is 13.8 Å². The van der Waals surface area contributed by atoms with E-state index in [0.29, 0.717) is 44.6 Å². The van der Waals surface area contributed by atoms with Gasteiger partial charge >= 0.3 is 6.03 Å². The fraction of sp³-hybridized carbons (Fsp3) is 0.571. The number of rotatable bonds is 5. The third-order valence-electron chi connectivity index (χ3n) is 3.51. The Balaban J connectivity index is 1.92. The van der Waals surface area contributed by atoms with Crippen molar-refractivity contribution in [3.05, 3.63) is 12.3 Å². The van der Waals surface area contributed by atoms with Gasteiger partial charge in [0.15, 0.2) is 0 Å². The Kier molecular flexibility index (Phi) is 5.56. The van der Waals surface area contributed by atoms with E-state index in [1.165, 1.54) is 0 Å². The second kappa shape index (κ2) is 7.61. The Morgan fingerprint density at radius 2 is 2.09 bits per heavy atom. The molecule has 3 N–H and O–H groups in total. The van der Waals surface area contributed by atoms with Gasteiger partial charge in [-0.2, -0.15) is 4.98 Å². The summed E-state index contributed by atoms with van der Waals surface area (Å²) in [5.74, 6) is 0.981. The number of hydrogen-bond donors (Lipinski definition) is 2. The normalized spacial score (nSPS) is 15.9. The number of piperazine rings is 1. The van der Waals surface area contributed by atoms with Crippen molar-refractivity contribution < 1.29 is 14.3 Å². The third kappa shape index (κ3) is 4.44. The molecule has 1 aromatic rings. The lowest BCUT2D eigenvalue weighted by Gasteiger charge is -2.35. The zero-order chi connectivity index (χ0) is 16.8. The smallest absolute Gasteiger partial charge is 0.312 e. The molecule has 0 bridgehead atoms. The van der Waals surface area contributed by atoms with Crippen molar-refractivity contribution in [1.82, 2.24) is 20.2 Å². The molecular formula is C14H22N6O3. The number of amides is 3. The van der Waals surface area contributed by atoms with Crippen LogP contribution in [0.5, 0.6) is 5.88 Å². The quantitative estimate of drug-likeness (QED) is 0.761. The minimum Gasteiger partial charge on any atom is -0.478 e. The summed E-state index contributed by atoms with van der Waals surface area (Å²) in [5.41, 5.74) is 5.04. The summed E-state index contributed by atoms with van der Waals surface area (Å²) in [7, 11) is 0. The largest absolute Gasteiger partial charge is 0.478 e. The van der Waals surface area contributed by atoms with Crippen LogP contribution in [0.1, 0.15) is 13.8 Å². The van der Waals surface area contributed by atoms with Crippen LogP contribution in [0.15, 0.2) is 12.3 Å². The van der Waals surface area contributed by atoms with Gasteiger partial charge in [0, 0.05) is 38.4 Å².